The average Bonchev–Trinajstić information content (AvgIpc) is 3.27. The number of carboxylic acids is 1. The van der Waals surface area contributed by atoms with E-state index in [1.807, 2.05) is 0 Å². The van der Waals surface area contributed by atoms with Crippen molar-refractivity contribution in [1.82, 2.24) is 0 Å². The summed E-state index contributed by atoms with van der Waals surface area (Å²) in [7, 11) is 5.41. The summed E-state index contributed by atoms with van der Waals surface area (Å²) in [5, 5.41) is 11.7. The second-order valence-electron chi connectivity index (χ2n) is 18.8. The number of nitrogens with zero attached hydrogens (tertiary/aromatic N) is 1. The Bertz CT molecular complexity index is 1290. The lowest BCUT2D eigenvalue weighted by Crippen LogP contribution is -2.55. The molecule has 0 amide bonds. The zero-order chi connectivity index (χ0) is 47.7. The van der Waals surface area contributed by atoms with Crippen molar-refractivity contribution >= 4 is 17.9 Å². The third-order valence-electron chi connectivity index (χ3n) is 11.6. The summed E-state index contributed by atoms with van der Waals surface area (Å²) >= 11 is 0. The number of quaternary nitrogens is 1. The second kappa shape index (κ2) is 47.3. The summed E-state index contributed by atoms with van der Waals surface area (Å²) in [4.78, 5) is 37.1. The Labute approximate surface area is 400 Å². The van der Waals surface area contributed by atoms with Gasteiger partial charge in [0.15, 0.2) is 6.10 Å². The van der Waals surface area contributed by atoms with E-state index in [9.17, 15) is 19.5 Å². The van der Waals surface area contributed by atoms with Crippen molar-refractivity contribution < 1.29 is 38.2 Å². The van der Waals surface area contributed by atoms with Gasteiger partial charge >= 0.3 is 11.9 Å². The van der Waals surface area contributed by atoms with Crippen molar-refractivity contribution in [3.63, 3.8) is 0 Å². The third-order valence-corrected chi connectivity index (χ3v) is 11.6. The summed E-state index contributed by atoms with van der Waals surface area (Å²) in [6, 6.07) is -0.733. The molecule has 374 valence electrons. The van der Waals surface area contributed by atoms with Gasteiger partial charge in [-0.3, -0.25) is 9.59 Å². The highest BCUT2D eigenvalue weighted by Gasteiger charge is 2.25. The molecule has 2 unspecified atom stereocenters. The number of rotatable bonds is 47. The highest BCUT2D eigenvalue weighted by Crippen LogP contribution is 2.15. The van der Waals surface area contributed by atoms with E-state index in [4.69, 9.17) is 14.2 Å². The van der Waals surface area contributed by atoms with Gasteiger partial charge in [0.1, 0.15) is 12.6 Å². The third kappa shape index (κ3) is 45.7. The first-order valence-electron chi connectivity index (χ1n) is 26.5. The molecular formula is C57H99NO7. The lowest BCUT2D eigenvalue weighted by atomic mass is 10.0. The number of aliphatic carboxylic acids is 1. The molecule has 0 aliphatic heterocycles. The van der Waals surface area contributed by atoms with E-state index in [1.54, 1.807) is 21.1 Å². The van der Waals surface area contributed by atoms with Gasteiger partial charge in [-0.25, -0.2) is 0 Å². The van der Waals surface area contributed by atoms with Gasteiger partial charge in [0.2, 0.25) is 0 Å². The Morgan fingerprint density at radius 2 is 0.908 bits per heavy atom. The number of allylic oxidation sites excluding steroid dienone is 12. The number of esters is 2. The van der Waals surface area contributed by atoms with Gasteiger partial charge in [-0.05, 0) is 77.0 Å². The molecule has 0 radical (unpaired) electrons. The van der Waals surface area contributed by atoms with Crippen LogP contribution in [0, 0.1) is 0 Å². The van der Waals surface area contributed by atoms with Gasteiger partial charge in [0.05, 0.1) is 40.3 Å². The predicted molar refractivity (Wildman–Crippen MR) is 272 cm³/mol. The monoisotopic (exact) mass is 910 g/mol. The Morgan fingerprint density at radius 3 is 1.37 bits per heavy atom. The highest BCUT2D eigenvalue weighted by molar-refractivity contribution is 5.70. The lowest BCUT2D eigenvalue weighted by molar-refractivity contribution is -0.889. The number of likely N-dealkylation sites (N-methyl/N-ethyl adjacent to an activating group) is 1. The summed E-state index contributed by atoms with van der Waals surface area (Å²) in [6.45, 7) is 4.54. The van der Waals surface area contributed by atoms with E-state index in [0.717, 1.165) is 89.9 Å². The van der Waals surface area contributed by atoms with Crippen LogP contribution in [0.5, 0.6) is 0 Å². The molecule has 0 spiro atoms. The first kappa shape index (κ1) is 61.8. The van der Waals surface area contributed by atoms with Crippen LogP contribution in [-0.4, -0.2) is 75.5 Å². The maximum atomic E-state index is 12.8. The van der Waals surface area contributed by atoms with E-state index in [1.165, 1.54) is 96.3 Å². The van der Waals surface area contributed by atoms with Gasteiger partial charge in [-0.15, -0.1) is 0 Å². The smallest absolute Gasteiger partial charge is 0.306 e. The van der Waals surface area contributed by atoms with E-state index in [0.29, 0.717) is 12.8 Å². The molecule has 65 heavy (non-hydrogen) atoms. The average molecular weight is 910 g/mol. The first-order valence-corrected chi connectivity index (χ1v) is 26.5. The fraction of sp³-hybridized carbons (Fsp3) is 0.737. The second-order valence-corrected chi connectivity index (χ2v) is 18.8. The Kier molecular flexibility index (Phi) is 44.9. The van der Waals surface area contributed by atoms with Crippen molar-refractivity contribution in [1.29, 1.82) is 0 Å². The number of carboxylic acid groups (broad SMARTS) is 1. The lowest BCUT2D eigenvalue weighted by Gasteiger charge is -2.34. The molecule has 0 bridgehead atoms. The zero-order valence-electron chi connectivity index (χ0n) is 42.6. The number of carbonyl (C=O) groups excluding carboxylic acids is 3. The van der Waals surface area contributed by atoms with E-state index in [-0.39, 0.29) is 42.7 Å². The Hall–Kier alpha value is -3.23. The topological polar surface area (TPSA) is 102 Å². The van der Waals surface area contributed by atoms with Gasteiger partial charge in [-0.1, -0.05) is 196 Å². The molecular weight excluding hydrogens is 811 g/mol. The summed E-state index contributed by atoms with van der Waals surface area (Å²) in [5.41, 5.74) is 0. The fourth-order valence-electron chi connectivity index (χ4n) is 7.52. The quantitative estimate of drug-likeness (QED) is 0.0197. The van der Waals surface area contributed by atoms with Crippen molar-refractivity contribution in [2.45, 2.75) is 231 Å². The van der Waals surface area contributed by atoms with E-state index in [2.05, 4.69) is 86.8 Å². The van der Waals surface area contributed by atoms with Crippen LogP contribution in [0.25, 0.3) is 0 Å². The van der Waals surface area contributed by atoms with Crippen LogP contribution in [0.15, 0.2) is 72.9 Å². The van der Waals surface area contributed by atoms with Gasteiger partial charge in [-0.2, -0.15) is 0 Å². The minimum atomic E-state index is -1.13. The molecule has 0 aromatic rings. The molecule has 8 nitrogen and oxygen atoms in total. The van der Waals surface area contributed by atoms with E-state index >= 15 is 0 Å². The minimum absolute atomic E-state index is 0.0315. The van der Waals surface area contributed by atoms with Gasteiger partial charge in [0, 0.05) is 19.3 Å². The van der Waals surface area contributed by atoms with Gasteiger partial charge < -0.3 is 28.6 Å². The van der Waals surface area contributed by atoms with Crippen molar-refractivity contribution in [2.24, 2.45) is 0 Å². The molecule has 0 rings (SSSR count). The van der Waals surface area contributed by atoms with Crippen LogP contribution in [0.1, 0.15) is 219 Å². The number of hydrogen-bond donors (Lipinski definition) is 0. The van der Waals surface area contributed by atoms with Gasteiger partial charge in [0.25, 0.3) is 0 Å². The number of hydrogen-bond acceptors (Lipinski definition) is 7. The Morgan fingerprint density at radius 1 is 0.492 bits per heavy atom. The summed E-state index contributed by atoms with van der Waals surface area (Å²) in [6.07, 6.45) is 60.7. The maximum absolute atomic E-state index is 12.8. The number of unbranched alkanes of at least 4 members (excludes halogenated alkanes) is 22. The first-order chi connectivity index (χ1) is 31.6. The molecule has 0 aliphatic carbocycles. The molecule has 0 N–H and O–H groups in total. The number of ether oxygens (including phenoxy) is 3. The van der Waals surface area contributed by atoms with Crippen LogP contribution in [-0.2, 0) is 28.6 Å². The SMILES string of the molecule is CC/C=C/C/C=C/C/C=C/C/C=C/CCCCCCCCCCCCC(=O)OC(COCCC(C(=O)[O-])[N+](C)(C)C)COC(=O)CCCCCCC/C=C/C=C/CCCCCCCCC. The molecule has 0 aromatic heterocycles. The molecule has 0 saturated carbocycles. The van der Waals surface area contributed by atoms with Crippen molar-refractivity contribution in [2.75, 3.05) is 41.0 Å². The van der Waals surface area contributed by atoms with Crippen LogP contribution in [0.2, 0.25) is 0 Å². The predicted octanol–water partition coefficient (Wildman–Crippen LogP) is 14.1. The standard InChI is InChI=1S/C57H99NO7/c1-6-8-10-12-14-16-18-20-22-24-26-27-28-29-30-32-34-36-38-40-42-44-46-48-56(60)65-53(51-63-50-49-54(57(61)62)58(3,4)5)52-64-55(59)47-45-43-41-39-37-35-33-31-25-23-21-19-17-15-13-11-9-7-2/h8,10,14,16,20,22-23,25-27,31,33,53-54H,6-7,9,11-13,15,17-19,21,24,28-30,32,34-52H2,1-5H3/b10-8+,16-14+,22-20+,25-23+,27-26+,33-31+. The van der Waals surface area contributed by atoms with E-state index < -0.39 is 18.1 Å². The van der Waals surface area contributed by atoms with Crippen LogP contribution in [0.4, 0.5) is 0 Å². The Balaban J connectivity index is 4.26. The molecule has 0 aromatic carbocycles. The minimum Gasteiger partial charge on any atom is -0.544 e. The fourth-order valence-corrected chi connectivity index (χ4v) is 7.52. The van der Waals surface area contributed by atoms with Crippen molar-refractivity contribution in [3.8, 4) is 0 Å². The largest absolute Gasteiger partial charge is 0.544 e. The van der Waals surface area contributed by atoms with Crippen LogP contribution in [0.3, 0.4) is 0 Å². The number of carbonyl (C=O) groups is 3. The highest BCUT2D eigenvalue weighted by atomic mass is 16.6. The maximum Gasteiger partial charge on any atom is 0.306 e. The summed E-state index contributed by atoms with van der Waals surface area (Å²) in [5.74, 6) is -1.76. The molecule has 0 fully saturated rings. The molecule has 0 saturated heterocycles. The molecule has 0 aliphatic rings. The van der Waals surface area contributed by atoms with Crippen LogP contribution < -0.4 is 5.11 Å². The van der Waals surface area contributed by atoms with Crippen LogP contribution >= 0.6 is 0 Å². The molecule has 0 heterocycles. The summed E-state index contributed by atoms with van der Waals surface area (Å²) < 4.78 is 17.2. The molecule has 8 heteroatoms. The normalized spacial score (nSPS) is 13.4. The molecule has 2 atom stereocenters. The zero-order valence-corrected chi connectivity index (χ0v) is 42.6. The van der Waals surface area contributed by atoms with Crippen molar-refractivity contribution in [3.05, 3.63) is 72.9 Å².